The first-order valence-electron chi connectivity index (χ1n) is 17.1. The number of fused-ring (bicyclic) bond motifs is 6. The van der Waals surface area contributed by atoms with Crippen molar-refractivity contribution in [3.8, 4) is 28.3 Å². The molecular formula is C38H38ClN5O4S. The predicted octanol–water partition coefficient (Wildman–Crippen LogP) is 8.52. The van der Waals surface area contributed by atoms with Gasteiger partial charge in [-0.15, -0.1) is 11.3 Å². The number of hydrogen-bond donors (Lipinski definition) is 2. The number of rotatable bonds is 7. The van der Waals surface area contributed by atoms with Gasteiger partial charge in [-0.3, -0.25) is 9.36 Å². The van der Waals surface area contributed by atoms with Crippen molar-refractivity contribution in [1.29, 1.82) is 0 Å². The van der Waals surface area contributed by atoms with Crippen molar-refractivity contribution >= 4 is 45.8 Å². The molecule has 9 rings (SSSR count). The van der Waals surface area contributed by atoms with Crippen LogP contribution in [0.2, 0.25) is 5.02 Å². The van der Waals surface area contributed by atoms with E-state index in [9.17, 15) is 9.59 Å². The highest BCUT2D eigenvalue weighted by molar-refractivity contribution is 7.12. The summed E-state index contributed by atoms with van der Waals surface area (Å²) in [6, 6.07) is 18.3. The molecule has 5 heterocycles. The first-order chi connectivity index (χ1) is 23.7. The quantitative estimate of drug-likeness (QED) is 0.178. The number of alkyl carbamates (subject to hydrolysis) is 1. The Morgan fingerprint density at radius 2 is 1.92 bits per heavy atom. The number of ether oxygens (including phenoxy) is 2. The van der Waals surface area contributed by atoms with Crippen molar-refractivity contribution in [2.24, 2.45) is 17.8 Å². The zero-order valence-corrected chi connectivity index (χ0v) is 29.3. The van der Waals surface area contributed by atoms with E-state index in [1.54, 1.807) is 0 Å². The summed E-state index contributed by atoms with van der Waals surface area (Å²) in [5.74, 6) is 2.88. The van der Waals surface area contributed by atoms with Crippen molar-refractivity contribution in [2.75, 3.05) is 7.11 Å². The van der Waals surface area contributed by atoms with Crippen LogP contribution in [0.25, 0.3) is 33.4 Å². The number of aromatic amines is 1. The number of imidazole rings is 1. The molecule has 1 saturated heterocycles. The van der Waals surface area contributed by atoms with Crippen molar-refractivity contribution in [3.63, 3.8) is 0 Å². The predicted molar refractivity (Wildman–Crippen MR) is 190 cm³/mol. The molecule has 3 aromatic heterocycles. The van der Waals surface area contributed by atoms with E-state index in [4.69, 9.17) is 26.1 Å². The number of likely N-dealkylation sites (tertiary alicyclic amines) is 1. The number of carbonyl (C=O) groups is 2. The number of carbonyl (C=O) groups excluding carboxylic acids is 2. The SMILES string of the molecule is COC(=O)NC(C(=O)N1C(c2ncc(-c3ccc4c(c3)OC(c3ccc(C5CC5)s3)n3c-4cc4cc(Cl)ccc43)[nH]2)CC2C(C)C21)C(C)C. The van der Waals surface area contributed by atoms with Crippen LogP contribution in [0.1, 0.15) is 73.8 Å². The van der Waals surface area contributed by atoms with Gasteiger partial charge >= 0.3 is 6.09 Å². The minimum absolute atomic E-state index is 0.0940. The van der Waals surface area contributed by atoms with Gasteiger partial charge in [0.25, 0.3) is 0 Å². The van der Waals surface area contributed by atoms with Crippen LogP contribution in [0.5, 0.6) is 5.75 Å². The second-order valence-corrected chi connectivity index (χ2v) is 15.9. The van der Waals surface area contributed by atoms with E-state index in [2.05, 4.69) is 64.3 Å². The second-order valence-electron chi connectivity index (χ2n) is 14.3. The van der Waals surface area contributed by atoms with Crippen LogP contribution in [0.3, 0.4) is 0 Å². The molecule has 2 saturated carbocycles. The standard InChI is InChI=1S/C38H38ClN5O4S/c1-18(2)33(42-38(46)47-4)36(45)44-29(16-25-19(3)34(25)44)35-40-17-26(41-35)21-7-9-24-28-14-22-13-23(39)8-10-27(22)43(28)37(48-30(24)15-21)32-12-11-31(49-32)20-5-6-20/h7-15,17-20,25,29,33-34,37H,5-6,16H2,1-4H3,(H,40,41)(H,42,46). The van der Waals surface area contributed by atoms with Gasteiger partial charge in [-0.2, -0.15) is 0 Å². The Morgan fingerprint density at radius 1 is 1.10 bits per heavy atom. The van der Waals surface area contributed by atoms with Crippen LogP contribution in [-0.2, 0) is 9.53 Å². The zero-order chi connectivity index (χ0) is 33.7. The van der Waals surface area contributed by atoms with Crippen molar-refractivity contribution in [3.05, 3.63) is 81.4 Å². The lowest BCUT2D eigenvalue weighted by Gasteiger charge is -2.32. The lowest BCUT2D eigenvalue weighted by molar-refractivity contribution is -0.137. The third kappa shape index (κ3) is 5.05. The molecule has 2 amide bonds. The third-order valence-corrected chi connectivity index (χ3v) is 12.4. The van der Waals surface area contributed by atoms with E-state index in [1.165, 1.54) is 29.7 Å². The van der Waals surface area contributed by atoms with Gasteiger partial charge in [0.1, 0.15) is 17.6 Å². The fourth-order valence-corrected chi connectivity index (χ4v) is 9.47. The molecule has 0 spiro atoms. The first kappa shape index (κ1) is 30.8. The number of amides is 2. The molecule has 5 aromatic rings. The Balaban J connectivity index is 1.05. The lowest BCUT2D eigenvalue weighted by Crippen LogP contribution is -2.52. The number of nitrogens with zero attached hydrogens (tertiary/aromatic N) is 3. The van der Waals surface area contributed by atoms with Gasteiger partial charge < -0.3 is 24.7 Å². The maximum Gasteiger partial charge on any atom is 0.407 e. The molecule has 11 heteroatoms. The highest BCUT2D eigenvalue weighted by Gasteiger charge is 2.61. The van der Waals surface area contributed by atoms with Gasteiger partial charge in [0.2, 0.25) is 12.1 Å². The van der Waals surface area contributed by atoms with Gasteiger partial charge in [-0.1, -0.05) is 38.4 Å². The monoisotopic (exact) mass is 695 g/mol. The fraction of sp³-hybridized carbons (Fsp3) is 0.395. The van der Waals surface area contributed by atoms with Crippen molar-refractivity contribution < 1.29 is 19.1 Å². The molecule has 0 radical (unpaired) electrons. The highest BCUT2D eigenvalue weighted by atomic mass is 35.5. The van der Waals surface area contributed by atoms with Gasteiger partial charge in [0, 0.05) is 32.5 Å². The smallest absolute Gasteiger partial charge is 0.407 e. The average molecular weight is 696 g/mol. The largest absolute Gasteiger partial charge is 0.464 e. The summed E-state index contributed by atoms with van der Waals surface area (Å²) >= 11 is 8.27. The minimum Gasteiger partial charge on any atom is -0.464 e. The van der Waals surface area contributed by atoms with Crippen LogP contribution < -0.4 is 10.1 Å². The average Bonchev–Trinajstić information content (AvgIpc) is 3.67. The summed E-state index contributed by atoms with van der Waals surface area (Å²) in [4.78, 5) is 39.1. The lowest BCUT2D eigenvalue weighted by atomic mass is 10.0. The van der Waals surface area contributed by atoms with Crippen molar-refractivity contribution in [2.45, 2.75) is 70.3 Å². The number of nitrogens with one attached hydrogen (secondary N) is 2. The Kier molecular flexibility index (Phi) is 7.14. The van der Waals surface area contributed by atoms with Gasteiger partial charge in [-0.25, -0.2) is 9.78 Å². The Labute approximate surface area is 293 Å². The highest BCUT2D eigenvalue weighted by Crippen LogP contribution is 2.58. The molecule has 252 valence electrons. The summed E-state index contributed by atoms with van der Waals surface area (Å²) in [7, 11) is 1.31. The number of halogens is 1. The molecule has 9 nitrogen and oxygen atoms in total. The normalized spacial score (nSPS) is 24.3. The number of piperidine rings is 1. The van der Waals surface area contributed by atoms with Gasteiger partial charge in [0.05, 0.1) is 41.1 Å². The van der Waals surface area contributed by atoms with Crippen LogP contribution in [-0.4, -0.2) is 50.6 Å². The van der Waals surface area contributed by atoms with E-state index >= 15 is 0 Å². The minimum atomic E-state index is -0.683. The molecule has 2 aliphatic heterocycles. The number of aromatic nitrogens is 3. The third-order valence-electron chi connectivity index (χ3n) is 10.9. The fourth-order valence-electron chi connectivity index (χ4n) is 8.08. The number of thiophene rings is 1. The second kappa shape index (κ2) is 11.4. The van der Waals surface area contributed by atoms with E-state index in [0.717, 1.165) is 51.4 Å². The molecule has 49 heavy (non-hydrogen) atoms. The number of benzene rings is 2. The summed E-state index contributed by atoms with van der Waals surface area (Å²) < 4.78 is 14.0. The summed E-state index contributed by atoms with van der Waals surface area (Å²) in [6.07, 6.45) is 4.30. The number of H-pyrrole nitrogens is 1. The number of methoxy groups -OCH3 is 1. The molecule has 3 fully saturated rings. The Bertz CT molecular complexity index is 2130. The van der Waals surface area contributed by atoms with Gasteiger partial charge in [-0.05, 0) is 91.5 Å². The van der Waals surface area contributed by atoms with Crippen LogP contribution in [0, 0.1) is 17.8 Å². The van der Waals surface area contributed by atoms with E-state index in [0.29, 0.717) is 22.8 Å². The van der Waals surface area contributed by atoms with Crippen LogP contribution in [0.4, 0.5) is 4.79 Å². The Morgan fingerprint density at radius 3 is 2.69 bits per heavy atom. The summed E-state index contributed by atoms with van der Waals surface area (Å²) in [5.41, 5.74) is 5.01. The molecule has 2 aliphatic carbocycles. The van der Waals surface area contributed by atoms with Crippen LogP contribution >= 0.6 is 22.9 Å². The van der Waals surface area contributed by atoms with E-state index in [-0.39, 0.29) is 30.1 Å². The molecule has 2 aromatic carbocycles. The van der Waals surface area contributed by atoms with Gasteiger partial charge in [0.15, 0.2) is 0 Å². The first-order valence-corrected chi connectivity index (χ1v) is 18.3. The Hall–Kier alpha value is -4.28. The zero-order valence-electron chi connectivity index (χ0n) is 27.8. The maximum absolute atomic E-state index is 14.0. The number of hydrogen-bond acceptors (Lipinski definition) is 6. The maximum atomic E-state index is 14.0. The van der Waals surface area contributed by atoms with E-state index < -0.39 is 12.1 Å². The molecule has 2 N–H and O–H groups in total. The summed E-state index contributed by atoms with van der Waals surface area (Å²) in [6.45, 7) is 6.06. The molecule has 6 unspecified atom stereocenters. The molecular weight excluding hydrogens is 658 g/mol. The van der Waals surface area contributed by atoms with E-state index in [1.807, 2.05) is 48.4 Å². The molecule has 6 atom stereocenters. The van der Waals surface area contributed by atoms with Crippen LogP contribution in [0.15, 0.2) is 60.8 Å². The molecule has 0 bridgehead atoms. The van der Waals surface area contributed by atoms with Crippen molar-refractivity contribution in [1.82, 2.24) is 24.8 Å². The summed E-state index contributed by atoms with van der Waals surface area (Å²) in [5, 5.41) is 4.55. The topological polar surface area (TPSA) is 101 Å². The molecule has 4 aliphatic rings.